The number of hydrogen-bond acceptors (Lipinski definition) is 1. The van der Waals surface area contributed by atoms with Gasteiger partial charge in [-0.3, -0.25) is 9.13 Å². The number of pyridine rings is 1. The Labute approximate surface area is 406 Å². The average molecular weight is 909 g/mol. The molecule has 10 aromatic carbocycles. The minimum atomic E-state index is -2.86. The van der Waals surface area contributed by atoms with Crippen molar-refractivity contribution < 1.29 is 0 Å². The largest absolute Gasteiger partial charge is 0.309 e. The summed E-state index contributed by atoms with van der Waals surface area (Å²) in [6, 6.07) is 98.1. The van der Waals surface area contributed by atoms with Gasteiger partial charge in [-0.15, -0.1) is 0 Å². The number of para-hydroxylation sites is 5. The van der Waals surface area contributed by atoms with Crippen LogP contribution in [0.4, 0.5) is 0 Å². The zero-order valence-corrected chi connectivity index (χ0v) is 39.2. The van der Waals surface area contributed by atoms with E-state index in [-0.39, 0.29) is 0 Å². The maximum Gasteiger partial charge on any atom is 0.179 e. The molecule has 0 fully saturated rings. The summed E-state index contributed by atoms with van der Waals surface area (Å²) in [5, 5.41) is 12.6. The SMILES string of the molecule is c1ccc([Si](c2ccccc2)(c2ccccc2)c2cccc(-c3ccc(-n4c5ccccc5c5ccccc54)nc3-n3c4ccccc4c4cc(-n5c6ccccc6c6ccccc65)ccc43)c2)cc1. The number of benzene rings is 10. The van der Waals surface area contributed by atoms with Gasteiger partial charge in [-0.2, -0.15) is 0 Å². The number of fused-ring (bicyclic) bond motifs is 9. The zero-order valence-electron chi connectivity index (χ0n) is 38.2. The van der Waals surface area contributed by atoms with Gasteiger partial charge in [-0.1, -0.05) is 206 Å². The summed E-state index contributed by atoms with van der Waals surface area (Å²) in [6.45, 7) is 0. The standard InChI is InChI=1S/C65H44N4Si/c1-4-22-47(23-5-1)70(48-24-6-2-7-25-48,49-26-8-3-9-27-49)50-28-20-21-45(43-50)51-40-42-64(68-60-36-17-12-31-54(60)55-32-13-18-37-61(55)68)66-65(51)69-62-38-19-14-33-56(62)57-44-46(39-41-63(57)69)67-58-34-15-10-29-52(58)53-30-11-16-35-59(53)67/h1-44H. The van der Waals surface area contributed by atoms with E-state index in [1.807, 2.05) is 0 Å². The van der Waals surface area contributed by atoms with Crippen molar-refractivity contribution in [2.75, 3.05) is 0 Å². The smallest absolute Gasteiger partial charge is 0.179 e. The van der Waals surface area contributed by atoms with Gasteiger partial charge in [0.25, 0.3) is 0 Å². The third-order valence-electron chi connectivity index (χ3n) is 14.6. The van der Waals surface area contributed by atoms with Crippen LogP contribution in [0, 0.1) is 0 Å². The molecule has 0 saturated carbocycles. The highest BCUT2D eigenvalue weighted by Crippen LogP contribution is 2.40. The highest BCUT2D eigenvalue weighted by Gasteiger charge is 2.41. The predicted molar refractivity (Wildman–Crippen MR) is 296 cm³/mol. The van der Waals surface area contributed by atoms with Crippen molar-refractivity contribution in [2.24, 2.45) is 0 Å². The first-order chi connectivity index (χ1) is 34.8. The third-order valence-corrected chi connectivity index (χ3v) is 19.4. The van der Waals surface area contributed by atoms with E-state index >= 15 is 0 Å². The fraction of sp³-hybridized carbons (Fsp3) is 0. The van der Waals surface area contributed by atoms with E-state index < -0.39 is 8.07 Å². The molecule has 0 spiro atoms. The van der Waals surface area contributed by atoms with Crippen LogP contribution in [-0.4, -0.2) is 26.8 Å². The lowest BCUT2D eigenvalue weighted by Gasteiger charge is -2.34. The molecule has 0 aliphatic rings. The summed E-state index contributed by atoms with van der Waals surface area (Å²) in [6.07, 6.45) is 0. The monoisotopic (exact) mass is 908 g/mol. The normalized spacial score (nSPS) is 12.0. The number of aromatic nitrogens is 4. The second-order valence-electron chi connectivity index (χ2n) is 18.3. The molecule has 328 valence electrons. The molecule has 0 N–H and O–H groups in total. The molecular weight excluding hydrogens is 865 g/mol. The van der Waals surface area contributed by atoms with Crippen LogP contribution in [0.2, 0.25) is 0 Å². The summed E-state index contributed by atoms with van der Waals surface area (Å²) >= 11 is 0. The van der Waals surface area contributed by atoms with Crippen LogP contribution >= 0.6 is 0 Å². The van der Waals surface area contributed by atoms with Crippen LogP contribution in [-0.2, 0) is 0 Å². The Bertz CT molecular complexity index is 4100. The lowest BCUT2D eigenvalue weighted by Crippen LogP contribution is -2.74. The van der Waals surface area contributed by atoms with E-state index in [0.717, 1.165) is 50.5 Å². The molecule has 0 unspecified atom stereocenters. The second kappa shape index (κ2) is 16.1. The molecule has 14 rings (SSSR count). The highest BCUT2D eigenvalue weighted by molar-refractivity contribution is 7.19. The Balaban J connectivity index is 1.06. The fourth-order valence-corrected chi connectivity index (χ4v) is 16.4. The van der Waals surface area contributed by atoms with Crippen LogP contribution in [0.1, 0.15) is 0 Å². The van der Waals surface area contributed by atoms with Crippen molar-refractivity contribution >= 4 is 94.2 Å². The summed E-state index contributed by atoms with van der Waals surface area (Å²) in [7, 11) is -2.86. The molecule has 0 aliphatic carbocycles. The zero-order chi connectivity index (χ0) is 46.2. The van der Waals surface area contributed by atoms with E-state index in [1.54, 1.807) is 0 Å². The predicted octanol–water partition coefficient (Wildman–Crippen LogP) is 13.4. The fourth-order valence-electron chi connectivity index (χ4n) is 11.6. The van der Waals surface area contributed by atoms with Crippen molar-refractivity contribution in [3.05, 3.63) is 267 Å². The van der Waals surface area contributed by atoms with Crippen LogP contribution in [0.5, 0.6) is 0 Å². The van der Waals surface area contributed by atoms with Gasteiger partial charge in [0.05, 0.1) is 33.1 Å². The molecule has 0 radical (unpaired) electrons. The Morgan fingerprint density at radius 3 is 1.17 bits per heavy atom. The van der Waals surface area contributed by atoms with E-state index in [0.29, 0.717) is 0 Å². The van der Waals surface area contributed by atoms with Gasteiger partial charge in [0.15, 0.2) is 8.07 Å². The average Bonchev–Trinajstić information content (AvgIpc) is 4.08. The Hall–Kier alpha value is -9.03. The van der Waals surface area contributed by atoms with Gasteiger partial charge in [0.1, 0.15) is 11.6 Å². The van der Waals surface area contributed by atoms with Gasteiger partial charge >= 0.3 is 0 Å². The molecule has 0 amide bonds. The number of hydrogen-bond donors (Lipinski definition) is 0. The van der Waals surface area contributed by atoms with E-state index in [9.17, 15) is 0 Å². The number of rotatable bonds is 8. The summed E-state index contributed by atoms with van der Waals surface area (Å²) in [4.78, 5) is 5.89. The second-order valence-corrected chi connectivity index (χ2v) is 22.1. The topological polar surface area (TPSA) is 27.7 Å². The van der Waals surface area contributed by atoms with Crippen LogP contribution in [0.3, 0.4) is 0 Å². The van der Waals surface area contributed by atoms with Crippen molar-refractivity contribution in [1.82, 2.24) is 18.7 Å². The van der Waals surface area contributed by atoms with E-state index in [4.69, 9.17) is 4.98 Å². The maximum atomic E-state index is 5.89. The molecule has 5 heteroatoms. The van der Waals surface area contributed by atoms with Crippen molar-refractivity contribution in [1.29, 1.82) is 0 Å². The van der Waals surface area contributed by atoms with Crippen LogP contribution in [0.25, 0.3) is 93.9 Å². The molecule has 0 aliphatic heterocycles. The Morgan fingerprint density at radius 2 is 0.671 bits per heavy atom. The third kappa shape index (κ3) is 5.98. The lowest BCUT2D eigenvalue weighted by atomic mass is 10.1. The molecule has 4 aromatic heterocycles. The quantitative estimate of drug-likeness (QED) is 0.110. The van der Waals surface area contributed by atoms with Gasteiger partial charge in [-0.25, -0.2) is 4.98 Å². The van der Waals surface area contributed by atoms with Gasteiger partial charge < -0.3 is 4.57 Å². The summed E-state index contributed by atoms with van der Waals surface area (Å²) < 4.78 is 7.16. The lowest BCUT2D eigenvalue weighted by molar-refractivity contribution is 1.02. The first kappa shape index (κ1) is 40.1. The summed E-state index contributed by atoms with van der Waals surface area (Å²) in [5.41, 5.74) is 10.1. The maximum absolute atomic E-state index is 5.89. The summed E-state index contributed by atoms with van der Waals surface area (Å²) in [5.74, 6) is 1.74. The Morgan fingerprint density at radius 1 is 0.271 bits per heavy atom. The number of nitrogens with zero attached hydrogens (tertiary/aromatic N) is 4. The van der Waals surface area contributed by atoms with Crippen LogP contribution < -0.4 is 20.7 Å². The van der Waals surface area contributed by atoms with E-state index in [2.05, 4.69) is 281 Å². The first-order valence-corrected chi connectivity index (χ1v) is 26.0. The van der Waals surface area contributed by atoms with Gasteiger partial charge in [-0.05, 0) is 87.0 Å². The van der Waals surface area contributed by atoms with Gasteiger partial charge in [0.2, 0.25) is 0 Å². The first-order valence-electron chi connectivity index (χ1n) is 24.0. The molecule has 4 heterocycles. The minimum Gasteiger partial charge on any atom is -0.309 e. The molecule has 4 nitrogen and oxygen atoms in total. The molecule has 70 heavy (non-hydrogen) atoms. The minimum absolute atomic E-state index is 0.863. The Kier molecular flexibility index (Phi) is 9.19. The van der Waals surface area contributed by atoms with Crippen LogP contribution in [0.15, 0.2) is 267 Å². The van der Waals surface area contributed by atoms with Crippen molar-refractivity contribution in [3.63, 3.8) is 0 Å². The molecule has 0 bridgehead atoms. The molecule has 0 atom stereocenters. The molecular formula is C65H44N4Si. The van der Waals surface area contributed by atoms with E-state index in [1.165, 1.54) is 64.1 Å². The van der Waals surface area contributed by atoms with Crippen molar-refractivity contribution in [2.45, 2.75) is 0 Å². The molecule has 0 saturated heterocycles. The highest BCUT2D eigenvalue weighted by atomic mass is 28.3. The van der Waals surface area contributed by atoms with Gasteiger partial charge in [0, 0.05) is 43.6 Å². The molecule has 14 aromatic rings. The van der Waals surface area contributed by atoms with Crippen molar-refractivity contribution in [3.8, 4) is 28.5 Å².